The number of ether oxygens (including phenoxy) is 1. The summed E-state index contributed by atoms with van der Waals surface area (Å²) in [6.07, 6.45) is 3.13. The van der Waals surface area contributed by atoms with Crippen LogP contribution in [0.25, 0.3) is 0 Å². The number of hydrogen-bond acceptors (Lipinski definition) is 6. The van der Waals surface area contributed by atoms with E-state index in [0.717, 1.165) is 11.1 Å². The van der Waals surface area contributed by atoms with Crippen molar-refractivity contribution in [2.45, 2.75) is 13.5 Å². The Hall–Kier alpha value is -2.93. The Balaban J connectivity index is 1.64. The molecule has 2 aromatic heterocycles. The maximum absolute atomic E-state index is 12.4. The molecular weight excluding hydrogens is 324 g/mol. The fourth-order valence-corrected chi connectivity index (χ4v) is 2.81. The van der Waals surface area contributed by atoms with E-state index in [4.69, 9.17) is 10.5 Å². The highest BCUT2D eigenvalue weighted by atomic mass is 32.1. The van der Waals surface area contributed by atoms with Gasteiger partial charge in [0.05, 0.1) is 11.8 Å². The summed E-state index contributed by atoms with van der Waals surface area (Å²) in [5.74, 6) is -0.103. The molecule has 6 nitrogen and oxygen atoms in total. The van der Waals surface area contributed by atoms with E-state index in [0.29, 0.717) is 22.4 Å². The van der Waals surface area contributed by atoms with Crippen molar-refractivity contribution in [3.8, 4) is 5.19 Å². The molecule has 24 heavy (non-hydrogen) atoms. The molecule has 3 N–H and O–H groups in total. The van der Waals surface area contributed by atoms with Crippen molar-refractivity contribution in [1.82, 2.24) is 9.97 Å². The number of benzene rings is 1. The molecule has 1 amide bonds. The van der Waals surface area contributed by atoms with Crippen molar-refractivity contribution in [2.75, 3.05) is 11.1 Å². The fourth-order valence-electron chi connectivity index (χ4n) is 2.15. The van der Waals surface area contributed by atoms with E-state index in [1.807, 2.05) is 37.3 Å². The number of aryl methyl sites for hydroxylation is 1. The van der Waals surface area contributed by atoms with Crippen molar-refractivity contribution in [3.63, 3.8) is 0 Å². The minimum Gasteiger partial charge on any atom is -0.465 e. The van der Waals surface area contributed by atoms with E-state index in [9.17, 15) is 4.79 Å². The summed E-state index contributed by atoms with van der Waals surface area (Å²) in [6, 6.07) is 11.5. The Morgan fingerprint density at radius 1 is 1.25 bits per heavy atom. The second kappa shape index (κ2) is 7.10. The van der Waals surface area contributed by atoms with Crippen LogP contribution in [0.5, 0.6) is 5.19 Å². The molecule has 3 aromatic rings. The number of hydrogen-bond donors (Lipinski definition) is 2. The number of amides is 1. The van der Waals surface area contributed by atoms with Gasteiger partial charge in [0.15, 0.2) is 0 Å². The molecule has 3 rings (SSSR count). The Labute approximate surface area is 143 Å². The molecule has 0 spiro atoms. The molecule has 2 heterocycles. The van der Waals surface area contributed by atoms with E-state index in [-0.39, 0.29) is 11.7 Å². The van der Waals surface area contributed by atoms with Gasteiger partial charge >= 0.3 is 0 Å². The van der Waals surface area contributed by atoms with Crippen LogP contribution < -0.4 is 15.8 Å². The van der Waals surface area contributed by atoms with E-state index >= 15 is 0 Å². The van der Waals surface area contributed by atoms with Gasteiger partial charge in [0.2, 0.25) is 0 Å². The van der Waals surface area contributed by atoms with Gasteiger partial charge in [-0.15, -0.1) is 0 Å². The van der Waals surface area contributed by atoms with E-state index in [2.05, 4.69) is 15.3 Å². The Morgan fingerprint density at radius 2 is 2.04 bits per heavy atom. The summed E-state index contributed by atoms with van der Waals surface area (Å²) >= 11 is 1.26. The highest BCUT2D eigenvalue weighted by molar-refractivity contribution is 7.17. The summed E-state index contributed by atoms with van der Waals surface area (Å²) in [4.78, 5) is 20.5. The lowest BCUT2D eigenvalue weighted by molar-refractivity contribution is 0.102. The van der Waals surface area contributed by atoms with Gasteiger partial charge in [0.1, 0.15) is 17.4 Å². The molecule has 0 aliphatic carbocycles. The number of pyridine rings is 1. The van der Waals surface area contributed by atoms with Gasteiger partial charge < -0.3 is 15.8 Å². The summed E-state index contributed by atoms with van der Waals surface area (Å²) in [7, 11) is 0. The second-order valence-electron chi connectivity index (χ2n) is 5.11. The third-order valence-corrected chi connectivity index (χ3v) is 4.17. The first-order chi connectivity index (χ1) is 11.6. The van der Waals surface area contributed by atoms with Gasteiger partial charge in [0.25, 0.3) is 11.1 Å². The normalized spacial score (nSPS) is 10.4. The van der Waals surface area contributed by atoms with Crippen LogP contribution in [-0.2, 0) is 6.61 Å². The van der Waals surface area contributed by atoms with Crippen molar-refractivity contribution in [1.29, 1.82) is 0 Å². The lowest BCUT2D eigenvalue weighted by atomic mass is 10.1. The van der Waals surface area contributed by atoms with Crippen LogP contribution in [0.3, 0.4) is 0 Å². The SMILES string of the molecule is Cc1ccnc(N)c1C(=O)Nc1cnc(OCc2ccccc2)s1. The van der Waals surface area contributed by atoms with Crippen LogP contribution in [0, 0.1) is 6.92 Å². The zero-order valence-corrected chi connectivity index (χ0v) is 13.8. The van der Waals surface area contributed by atoms with Crippen molar-refractivity contribution >= 4 is 28.1 Å². The van der Waals surface area contributed by atoms with Gasteiger partial charge in [-0.25, -0.2) is 9.97 Å². The third kappa shape index (κ3) is 3.69. The van der Waals surface area contributed by atoms with E-state index in [1.165, 1.54) is 11.3 Å². The van der Waals surface area contributed by atoms with Gasteiger partial charge in [-0.05, 0) is 24.1 Å². The molecule has 0 aliphatic heterocycles. The quantitative estimate of drug-likeness (QED) is 0.744. The smallest absolute Gasteiger partial charge is 0.275 e. The number of nitrogens with zero attached hydrogens (tertiary/aromatic N) is 2. The average molecular weight is 340 g/mol. The number of carbonyl (C=O) groups excluding carboxylic acids is 1. The minimum atomic E-state index is -0.309. The van der Waals surface area contributed by atoms with Gasteiger partial charge in [0, 0.05) is 6.20 Å². The molecule has 0 saturated carbocycles. The van der Waals surface area contributed by atoms with Crippen LogP contribution in [-0.4, -0.2) is 15.9 Å². The second-order valence-corrected chi connectivity index (χ2v) is 6.10. The molecule has 0 atom stereocenters. The first kappa shape index (κ1) is 15.9. The number of nitrogens with one attached hydrogen (secondary N) is 1. The lowest BCUT2D eigenvalue weighted by Gasteiger charge is -2.07. The predicted molar refractivity (Wildman–Crippen MR) is 94.2 cm³/mol. The first-order valence-electron chi connectivity index (χ1n) is 7.28. The van der Waals surface area contributed by atoms with Crippen molar-refractivity contribution < 1.29 is 9.53 Å². The number of thiazole rings is 1. The van der Waals surface area contributed by atoms with Crippen LogP contribution in [0.15, 0.2) is 48.8 Å². The molecule has 0 radical (unpaired) electrons. The highest BCUT2D eigenvalue weighted by Crippen LogP contribution is 2.27. The molecule has 122 valence electrons. The van der Waals surface area contributed by atoms with Crippen LogP contribution in [0.4, 0.5) is 10.8 Å². The average Bonchev–Trinajstić information content (AvgIpc) is 3.01. The molecule has 1 aromatic carbocycles. The fraction of sp³-hybridized carbons (Fsp3) is 0.118. The van der Waals surface area contributed by atoms with Gasteiger partial charge in [-0.2, -0.15) is 0 Å². The molecule has 0 fully saturated rings. The number of aromatic nitrogens is 2. The Kier molecular flexibility index (Phi) is 4.72. The number of anilines is 2. The zero-order valence-electron chi connectivity index (χ0n) is 13.0. The zero-order chi connectivity index (χ0) is 16.9. The Bertz CT molecular complexity index is 829. The van der Waals surface area contributed by atoms with Crippen LogP contribution in [0.2, 0.25) is 0 Å². The number of rotatable bonds is 5. The summed E-state index contributed by atoms with van der Waals surface area (Å²) in [5.41, 5.74) is 7.98. The molecule has 7 heteroatoms. The van der Waals surface area contributed by atoms with Gasteiger partial charge in [-0.3, -0.25) is 4.79 Å². The molecule has 0 aliphatic rings. The standard InChI is InChI=1S/C17H16N4O2S/c1-11-7-8-19-15(18)14(11)16(22)21-13-9-20-17(24-13)23-10-12-5-3-2-4-6-12/h2-9H,10H2,1H3,(H2,18,19)(H,21,22). The van der Waals surface area contributed by atoms with E-state index in [1.54, 1.807) is 18.5 Å². The van der Waals surface area contributed by atoms with Crippen molar-refractivity contribution in [3.05, 3.63) is 65.5 Å². The monoisotopic (exact) mass is 340 g/mol. The first-order valence-corrected chi connectivity index (χ1v) is 8.10. The number of nitrogen functional groups attached to an aromatic ring is 1. The largest absolute Gasteiger partial charge is 0.465 e. The summed E-state index contributed by atoms with van der Waals surface area (Å²) in [6.45, 7) is 2.24. The topological polar surface area (TPSA) is 90.1 Å². The molecule has 0 unspecified atom stereocenters. The number of carbonyl (C=O) groups is 1. The van der Waals surface area contributed by atoms with Crippen LogP contribution >= 0.6 is 11.3 Å². The maximum atomic E-state index is 12.4. The molecular formula is C17H16N4O2S. The van der Waals surface area contributed by atoms with Gasteiger partial charge in [-0.1, -0.05) is 41.7 Å². The third-order valence-electron chi connectivity index (χ3n) is 3.34. The minimum absolute atomic E-state index is 0.206. The van der Waals surface area contributed by atoms with E-state index < -0.39 is 0 Å². The predicted octanol–water partition coefficient (Wildman–Crippen LogP) is 3.26. The Morgan fingerprint density at radius 3 is 2.79 bits per heavy atom. The highest BCUT2D eigenvalue weighted by Gasteiger charge is 2.15. The molecule has 0 bridgehead atoms. The van der Waals surface area contributed by atoms with Crippen LogP contribution in [0.1, 0.15) is 21.5 Å². The summed E-state index contributed by atoms with van der Waals surface area (Å²) in [5, 5.41) is 3.85. The number of nitrogens with two attached hydrogens (primary N) is 1. The van der Waals surface area contributed by atoms with Crippen molar-refractivity contribution in [2.24, 2.45) is 0 Å². The summed E-state index contributed by atoms with van der Waals surface area (Å²) < 4.78 is 5.63. The maximum Gasteiger partial charge on any atom is 0.275 e. The lowest BCUT2D eigenvalue weighted by Crippen LogP contribution is -2.15. The molecule has 0 saturated heterocycles.